The van der Waals surface area contributed by atoms with Crippen molar-refractivity contribution >= 4 is 0 Å². The standard InChI is InChI=1S/C16H33NO/c1-12(2)15(11-18)17-10-13-6-8-14(9-7-13)16(3,4)5/h12-15,17-18H,6-11H2,1-5H3. The number of hydrogen-bond donors (Lipinski definition) is 2. The minimum Gasteiger partial charge on any atom is -0.395 e. The molecular weight excluding hydrogens is 222 g/mol. The Morgan fingerprint density at radius 3 is 2.06 bits per heavy atom. The molecule has 0 spiro atoms. The maximum absolute atomic E-state index is 9.31. The summed E-state index contributed by atoms with van der Waals surface area (Å²) in [7, 11) is 0. The van der Waals surface area contributed by atoms with Gasteiger partial charge in [-0.05, 0) is 55.4 Å². The third-order valence-corrected chi connectivity index (χ3v) is 4.74. The van der Waals surface area contributed by atoms with Gasteiger partial charge in [-0.1, -0.05) is 34.6 Å². The van der Waals surface area contributed by atoms with Gasteiger partial charge in [0.05, 0.1) is 6.61 Å². The Labute approximate surface area is 114 Å². The summed E-state index contributed by atoms with van der Waals surface area (Å²) in [5.41, 5.74) is 0.476. The molecule has 2 N–H and O–H groups in total. The lowest BCUT2D eigenvalue weighted by molar-refractivity contribution is 0.141. The van der Waals surface area contributed by atoms with Crippen LogP contribution in [0.4, 0.5) is 0 Å². The molecule has 1 unspecified atom stereocenters. The van der Waals surface area contributed by atoms with Crippen molar-refractivity contribution < 1.29 is 5.11 Å². The van der Waals surface area contributed by atoms with Crippen molar-refractivity contribution in [3.63, 3.8) is 0 Å². The second-order valence-electron chi connectivity index (χ2n) is 7.53. The molecule has 0 aromatic heterocycles. The maximum Gasteiger partial charge on any atom is 0.0587 e. The van der Waals surface area contributed by atoms with Gasteiger partial charge in [0.15, 0.2) is 0 Å². The van der Waals surface area contributed by atoms with E-state index in [9.17, 15) is 5.11 Å². The molecule has 0 aromatic carbocycles. The Morgan fingerprint density at radius 1 is 1.11 bits per heavy atom. The predicted molar refractivity (Wildman–Crippen MR) is 78.6 cm³/mol. The van der Waals surface area contributed by atoms with Gasteiger partial charge >= 0.3 is 0 Å². The molecule has 2 nitrogen and oxygen atoms in total. The van der Waals surface area contributed by atoms with Crippen molar-refractivity contribution in [1.82, 2.24) is 5.32 Å². The minimum absolute atomic E-state index is 0.259. The molecule has 1 aliphatic carbocycles. The predicted octanol–water partition coefficient (Wildman–Crippen LogP) is 3.45. The van der Waals surface area contributed by atoms with E-state index in [4.69, 9.17) is 0 Å². The lowest BCUT2D eigenvalue weighted by Gasteiger charge is -2.37. The lowest BCUT2D eigenvalue weighted by Crippen LogP contribution is -2.41. The fraction of sp³-hybridized carbons (Fsp3) is 1.00. The zero-order valence-electron chi connectivity index (χ0n) is 13.0. The summed E-state index contributed by atoms with van der Waals surface area (Å²) in [5, 5.41) is 12.9. The summed E-state index contributed by atoms with van der Waals surface area (Å²) in [5.74, 6) is 2.23. The van der Waals surface area contributed by atoms with Crippen molar-refractivity contribution in [2.75, 3.05) is 13.2 Å². The van der Waals surface area contributed by atoms with Crippen LogP contribution in [0.3, 0.4) is 0 Å². The fourth-order valence-corrected chi connectivity index (χ4v) is 3.06. The van der Waals surface area contributed by atoms with Crippen LogP contribution in [-0.2, 0) is 0 Å². The zero-order chi connectivity index (χ0) is 13.8. The average Bonchev–Trinajstić information content (AvgIpc) is 2.29. The van der Waals surface area contributed by atoms with Crippen molar-refractivity contribution in [1.29, 1.82) is 0 Å². The van der Waals surface area contributed by atoms with E-state index in [0.717, 1.165) is 18.4 Å². The summed E-state index contributed by atoms with van der Waals surface area (Å²) >= 11 is 0. The van der Waals surface area contributed by atoms with Gasteiger partial charge in [0.2, 0.25) is 0 Å². The van der Waals surface area contributed by atoms with Gasteiger partial charge < -0.3 is 10.4 Å². The van der Waals surface area contributed by atoms with Gasteiger partial charge in [-0.3, -0.25) is 0 Å². The van der Waals surface area contributed by atoms with Crippen molar-refractivity contribution in [3.8, 4) is 0 Å². The summed E-state index contributed by atoms with van der Waals surface area (Å²) in [4.78, 5) is 0. The van der Waals surface area contributed by atoms with Crippen LogP contribution in [0.5, 0.6) is 0 Å². The quantitative estimate of drug-likeness (QED) is 0.788. The Bertz CT molecular complexity index is 224. The van der Waals surface area contributed by atoms with Crippen molar-refractivity contribution in [3.05, 3.63) is 0 Å². The Hall–Kier alpha value is -0.0800. The molecule has 0 saturated heterocycles. The molecule has 0 bridgehead atoms. The molecule has 0 heterocycles. The van der Waals surface area contributed by atoms with E-state index < -0.39 is 0 Å². The summed E-state index contributed by atoms with van der Waals surface area (Å²) in [6.07, 6.45) is 5.46. The SMILES string of the molecule is CC(C)C(CO)NCC1CCC(C(C)(C)C)CC1. The van der Waals surface area contributed by atoms with E-state index in [1.807, 2.05) is 0 Å². The van der Waals surface area contributed by atoms with Gasteiger partial charge in [-0.2, -0.15) is 0 Å². The minimum atomic E-state index is 0.259. The molecule has 18 heavy (non-hydrogen) atoms. The highest BCUT2D eigenvalue weighted by atomic mass is 16.3. The van der Waals surface area contributed by atoms with Crippen molar-refractivity contribution in [2.45, 2.75) is 66.3 Å². The maximum atomic E-state index is 9.31. The number of aliphatic hydroxyl groups is 1. The summed E-state index contributed by atoms with van der Waals surface area (Å²) < 4.78 is 0. The molecule has 1 fully saturated rings. The number of aliphatic hydroxyl groups excluding tert-OH is 1. The average molecular weight is 255 g/mol. The third kappa shape index (κ3) is 4.89. The highest BCUT2D eigenvalue weighted by molar-refractivity contribution is 4.82. The molecule has 0 radical (unpaired) electrons. The highest BCUT2D eigenvalue weighted by Gasteiger charge is 2.29. The molecule has 0 aromatic rings. The number of hydrogen-bond acceptors (Lipinski definition) is 2. The lowest BCUT2D eigenvalue weighted by atomic mass is 9.70. The molecule has 1 aliphatic rings. The number of nitrogens with one attached hydrogen (secondary N) is 1. The van der Waals surface area contributed by atoms with E-state index in [1.54, 1.807) is 0 Å². The molecule has 1 atom stereocenters. The monoisotopic (exact) mass is 255 g/mol. The molecular formula is C16H33NO. The molecule has 0 aliphatic heterocycles. The Morgan fingerprint density at radius 2 is 1.67 bits per heavy atom. The van der Waals surface area contributed by atoms with Crippen LogP contribution in [0.15, 0.2) is 0 Å². The first-order valence-corrected chi connectivity index (χ1v) is 7.68. The van der Waals surface area contributed by atoms with Gasteiger partial charge in [0.1, 0.15) is 0 Å². The van der Waals surface area contributed by atoms with Crippen LogP contribution in [-0.4, -0.2) is 24.3 Å². The largest absolute Gasteiger partial charge is 0.395 e. The van der Waals surface area contributed by atoms with Crippen LogP contribution in [0.2, 0.25) is 0 Å². The second kappa shape index (κ2) is 6.91. The Balaban J connectivity index is 2.27. The molecule has 2 heteroatoms. The first-order chi connectivity index (χ1) is 8.34. The normalized spacial score (nSPS) is 27.5. The van der Waals surface area contributed by atoms with Gasteiger partial charge in [-0.25, -0.2) is 0 Å². The Kier molecular flexibility index (Phi) is 6.13. The summed E-state index contributed by atoms with van der Waals surface area (Å²) in [6.45, 7) is 12.8. The molecule has 1 saturated carbocycles. The second-order valence-corrected chi connectivity index (χ2v) is 7.53. The smallest absolute Gasteiger partial charge is 0.0587 e. The summed E-state index contributed by atoms with van der Waals surface area (Å²) in [6, 6.07) is 0.269. The molecule has 1 rings (SSSR count). The van der Waals surface area contributed by atoms with Crippen LogP contribution in [0, 0.1) is 23.2 Å². The molecule has 0 amide bonds. The fourth-order valence-electron chi connectivity index (χ4n) is 3.06. The van der Waals surface area contributed by atoms with E-state index >= 15 is 0 Å². The van der Waals surface area contributed by atoms with E-state index in [-0.39, 0.29) is 12.6 Å². The van der Waals surface area contributed by atoms with Crippen LogP contribution < -0.4 is 5.32 Å². The van der Waals surface area contributed by atoms with Gasteiger partial charge in [-0.15, -0.1) is 0 Å². The first-order valence-electron chi connectivity index (χ1n) is 7.68. The third-order valence-electron chi connectivity index (χ3n) is 4.74. The first kappa shape index (κ1) is 16.0. The topological polar surface area (TPSA) is 32.3 Å². The zero-order valence-corrected chi connectivity index (χ0v) is 13.0. The van der Waals surface area contributed by atoms with E-state index in [0.29, 0.717) is 11.3 Å². The van der Waals surface area contributed by atoms with Crippen LogP contribution in [0.1, 0.15) is 60.3 Å². The highest BCUT2D eigenvalue weighted by Crippen LogP contribution is 2.39. The molecule has 108 valence electrons. The number of rotatable bonds is 5. The van der Waals surface area contributed by atoms with E-state index in [2.05, 4.69) is 39.9 Å². The van der Waals surface area contributed by atoms with E-state index in [1.165, 1.54) is 25.7 Å². The van der Waals surface area contributed by atoms with Gasteiger partial charge in [0.25, 0.3) is 0 Å². The van der Waals surface area contributed by atoms with Crippen molar-refractivity contribution in [2.24, 2.45) is 23.2 Å². The van der Waals surface area contributed by atoms with Crippen LogP contribution >= 0.6 is 0 Å². The van der Waals surface area contributed by atoms with Crippen LogP contribution in [0.25, 0.3) is 0 Å². The van der Waals surface area contributed by atoms with Gasteiger partial charge in [0, 0.05) is 6.04 Å².